The van der Waals surface area contributed by atoms with Gasteiger partial charge in [-0.3, -0.25) is 0 Å². The molecule has 0 atom stereocenters. The molecule has 0 amide bonds. The van der Waals surface area contributed by atoms with E-state index in [2.05, 4.69) is 36.4 Å². The zero-order valence-electron chi connectivity index (χ0n) is 17.3. The molecule has 2 N–H and O–H groups in total. The summed E-state index contributed by atoms with van der Waals surface area (Å²) in [6.07, 6.45) is 2.32. The van der Waals surface area contributed by atoms with E-state index in [1.54, 1.807) is 30.5 Å². The molecule has 0 spiro atoms. The summed E-state index contributed by atoms with van der Waals surface area (Å²) in [5.41, 5.74) is 9.57. The summed E-state index contributed by atoms with van der Waals surface area (Å²) in [6.45, 7) is 0.449. The predicted molar refractivity (Wildman–Crippen MR) is 134 cm³/mol. The maximum Gasteiger partial charge on any atom is 0.268 e. The lowest BCUT2D eigenvalue weighted by atomic mass is 9.99. The van der Waals surface area contributed by atoms with Crippen molar-refractivity contribution in [3.8, 4) is 11.1 Å². The Hall–Kier alpha value is -3.12. The van der Waals surface area contributed by atoms with Gasteiger partial charge in [0.25, 0.3) is 10.0 Å². The van der Waals surface area contributed by atoms with Crippen LogP contribution in [0.1, 0.15) is 5.56 Å². The predicted octanol–water partition coefficient (Wildman–Crippen LogP) is 5.62. The van der Waals surface area contributed by atoms with Crippen molar-refractivity contribution in [2.24, 2.45) is 5.73 Å². The van der Waals surface area contributed by atoms with Crippen LogP contribution in [0.15, 0.2) is 102 Å². The van der Waals surface area contributed by atoms with Crippen LogP contribution in [0.5, 0.6) is 0 Å². The van der Waals surface area contributed by atoms with E-state index in [4.69, 9.17) is 5.73 Å². The monoisotopic (exact) mass is 462 g/mol. The number of hydrogen-bond acceptors (Lipinski definition) is 3. The lowest BCUT2D eigenvalue weighted by Gasteiger charge is -2.09. The van der Waals surface area contributed by atoms with Crippen molar-refractivity contribution in [3.05, 3.63) is 103 Å². The van der Waals surface area contributed by atoms with Gasteiger partial charge < -0.3 is 5.73 Å². The summed E-state index contributed by atoms with van der Waals surface area (Å²) in [6, 6.07) is 29.1. The van der Waals surface area contributed by atoms with Gasteiger partial charge in [-0.15, -0.1) is 12.4 Å². The summed E-state index contributed by atoms with van der Waals surface area (Å²) >= 11 is 0. The minimum Gasteiger partial charge on any atom is -0.330 e. The molecule has 32 heavy (non-hydrogen) atoms. The quantitative estimate of drug-likeness (QED) is 0.368. The van der Waals surface area contributed by atoms with E-state index in [0.717, 1.165) is 22.1 Å². The van der Waals surface area contributed by atoms with Gasteiger partial charge >= 0.3 is 0 Å². The molecule has 0 saturated carbocycles. The Morgan fingerprint density at radius 1 is 0.750 bits per heavy atom. The lowest BCUT2D eigenvalue weighted by Crippen LogP contribution is -2.11. The molecule has 0 unspecified atom stereocenters. The van der Waals surface area contributed by atoms with Crippen LogP contribution in [0.25, 0.3) is 32.8 Å². The molecule has 5 aromatic rings. The van der Waals surface area contributed by atoms with Crippen molar-refractivity contribution in [1.29, 1.82) is 0 Å². The third-order valence-electron chi connectivity index (χ3n) is 5.65. The van der Waals surface area contributed by atoms with Gasteiger partial charge in [-0.25, -0.2) is 12.4 Å². The van der Waals surface area contributed by atoms with Crippen LogP contribution in [-0.4, -0.2) is 18.9 Å². The molecule has 4 nitrogen and oxygen atoms in total. The SMILES string of the molecule is Cl.NCCc1cn(S(=O)(=O)c2ccccc2)c2ccc(-c3ccc4ccccc4c3)cc12. The van der Waals surface area contributed by atoms with E-state index in [0.29, 0.717) is 18.5 Å². The van der Waals surface area contributed by atoms with Crippen molar-refractivity contribution in [2.75, 3.05) is 6.54 Å². The second-order valence-electron chi connectivity index (χ2n) is 7.60. The Balaban J connectivity index is 0.00000245. The average molecular weight is 463 g/mol. The van der Waals surface area contributed by atoms with Gasteiger partial charge in [-0.05, 0) is 70.8 Å². The van der Waals surface area contributed by atoms with Gasteiger partial charge in [0, 0.05) is 11.6 Å². The summed E-state index contributed by atoms with van der Waals surface area (Å²) in [4.78, 5) is 0.268. The highest BCUT2D eigenvalue weighted by molar-refractivity contribution is 7.90. The molecule has 0 radical (unpaired) electrons. The van der Waals surface area contributed by atoms with Crippen LogP contribution >= 0.6 is 12.4 Å². The Labute approximate surface area is 193 Å². The zero-order chi connectivity index (χ0) is 21.4. The first kappa shape index (κ1) is 22.1. The van der Waals surface area contributed by atoms with Gasteiger partial charge in [0.15, 0.2) is 0 Å². The molecular weight excluding hydrogens is 440 g/mol. The third-order valence-corrected chi connectivity index (χ3v) is 7.34. The van der Waals surface area contributed by atoms with Crippen LogP contribution in [0.4, 0.5) is 0 Å². The van der Waals surface area contributed by atoms with Crippen LogP contribution in [-0.2, 0) is 16.4 Å². The highest BCUT2D eigenvalue weighted by Gasteiger charge is 2.21. The number of nitrogens with zero attached hydrogens (tertiary/aromatic N) is 1. The molecule has 0 aliphatic carbocycles. The topological polar surface area (TPSA) is 65.1 Å². The fourth-order valence-corrected chi connectivity index (χ4v) is 5.49. The second kappa shape index (κ2) is 8.79. The van der Waals surface area contributed by atoms with Gasteiger partial charge in [-0.1, -0.05) is 60.7 Å². The van der Waals surface area contributed by atoms with Crippen molar-refractivity contribution in [3.63, 3.8) is 0 Å². The lowest BCUT2D eigenvalue weighted by molar-refractivity contribution is 0.589. The molecule has 1 heterocycles. The fraction of sp³-hybridized carbons (Fsp3) is 0.0769. The molecular formula is C26H23ClN2O2S. The van der Waals surface area contributed by atoms with E-state index < -0.39 is 10.0 Å². The zero-order valence-corrected chi connectivity index (χ0v) is 18.9. The summed E-state index contributed by atoms with van der Waals surface area (Å²) in [7, 11) is -3.69. The maximum atomic E-state index is 13.3. The molecule has 162 valence electrons. The molecule has 0 aliphatic rings. The van der Waals surface area contributed by atoms with Crippen LogP contribution in [0.3, 0.4) is 0 Å². The molecule has 5 rings (SSSR count). The van der Waals surface area contributed by atoms with Crippen LogP contribution < -0.4 is 5.73 Å². The first-order valence-electron chi connectivity index (χ1n) is 10.2. The number of benzene rings is 4. The van der Waals surface area contributed by atoms with Crippen LogP contribution in [0.2, 0.25) is 0 Å². The maximum absolute atomic E-state index is 13.3. The highest BCUT2D eigenvalue weighted by Crippen LogP contribution is 2.32. The Kier molecular flexibility index (Phi) is 6.07. The number of hydrogen-bond donors (Lipinski definition) is 1. The standard InChI is InChI=1S/C26H22N2O2S.ClH/c27-15-14-23-18-28(31(29,30)24-8-2-1-3-9-24)26-13-12-22(17-25(23)26)21-11-10-19-6-4-5-7-20(19)16-21;/h1-13,16-18H,14-15,27H2;1H. The van der Waals surface area contributed by atoms with Gasteiger partial charge in [-0.2, -0.15) is 0 Å². The largest absolute Gasteiger partial charge is 0.330 e. The fourth-order valence-electron chi connectivity index (χ4n) is 4.07. The van der Waals surface area contributed by atoms with E-state index in [9.17, 15) is 8.42 Å². The molecule has 1 aromatic heterocycles. The van der Waals surface area contributed by atoms with Crippen molar-refractivity contribution in [1.82, 2.24) is 3.97 Å². The Morgan fingerprint density at radius 2 is 1.41 bits per heavy atom. The first-order chi connectivity index (χ1) is 15.1. The second-order valence-corrected chi connectivity index (χ2v) is 9.42. The van der Waals surface area contributed by atoms with E-state index >= 15 is 0 Å². The third kappa shape index (κ3) is 3.79. The van der Waals surface area contributed by atoms with Crippen molar-refractivity contribution < 1.29 is 8.42 Å². The van der Waals surface area contributed by atoms with E-state index in [1.165, 1.54) is 14.7 Å². The number of rotatable bonds is 5. The van der Waals surface area contributed by atoms with Gasteiger partial charge in [0.2, 0.25) is 0 Å². The highest BCUT2D eigenvalue weighted by atomic mass is 35.5. The normalized spacial score (nSPS) is 11.5. The first-order valence-corrected chi connectivity index (χ1v) is 11.7. The smallest absolute Gasteiger partial charge is 0.268 e. The average Bonchev–Trinajstić information content (AvgIpc) is 3.18. The minimum absolute atomic E-state index is 0. The number of fused-ring (bicyclic) bond motifs is 2. The van der Waals surface area contributed by atoms with Gasteiger partial charge in [0.05, 0.1) is 10.4 Å². The van der Waals surface area contributed by atoms with E-state index in [-0.39, 0.29) is 17.3 Å². The Morgan fingerprint density at radius 3 is 2.16 bits per heavy atom. The molecule has 0 saturated heterocycles. The molecule has 4 aromatic carbocycles. The summed E-state index contributed by atoms with van der Waals surface area (Å²) < 4.78 is 28.0. The number of aromatic nitrogens is 1. The number of halogens is 1. The van der Waals surface area contributed by atoms with Crippen molar-refractivity contribution >= 4 is 44.1 Å². The summed E-state index contributed by atoms with van der Waals surface area (Å²) in [5, 5.41) is 3.28. The van der Waals surface area contributed by atoms with Gasteiger partial charge in [0.1, 0.15) is 0 Å². The van der Waals surface area contributed by atoms with Crippen LogP contribution in [0, 0.1) is 0 Å². The molecule has 6 heteroatoms. The number of nitrogens with two attached hydrogens (primary N) is 1. The van der Waals surface area contributed by atoms with Crippen molar-refractivity contribution in [2.45, 2.75) is 11.3 Å². The Bertz CT molecular complexity index is 1510. The van der Waals surface area contributed by atoms with E-state index in [1.807, 2.05) is 30.3 Å². The molecule has 0 bridgehead atoms. The minimum atomic E-state index is -3.69. The summed E-state index contributed by atoms with van der Waals surface area (Å²) in [5.74, 6) is 0. The molecule has 0 aliphatic heterocycles. The molecule has 0 fully saturated rings.